The highest BCUT2D eigenvalue weighted by Gasteiger charge is 2.26. The molecule has 0 aliphatic heterocycles. The molecule has 1 fully saturated rings. The number of carbonyl (C=O) groups excluding carboxylic acids is 1. The highest BCUT2D eigenvalue weighted by Crippen LogP contribution is 2.28. The van der Waals surface area contributed by atoms with Crippen LogP contribution in [-0.4, -0.2) is 30.5 Å². The standard InChI is InChI=1S/C15H21N3O4.ClH/c1-22-14-8-10(6-7-13(14)18(20)21)15(19)17-12-5-3-2-4-11(12)9-16;/h6-8,11-12H,2-5,9,16H2,1H3,(H,17,19);1H. The summed E-state index contributed by atoms with van der Waals surface area (Å²) in [5.41, 5.74) is 5.96. The number of hydrogen-bond donors (Lipinski definition) is 2. The van der Waals surface area contributed by atoms with Gasteiger partial charge in [-0.05, 0) is 31.4 Å². The molecule has 0 aromatic heterocycles. The van der Waals surface area contributed by atoms with Gasteiger partial charge in [0.15, 0.2) is 5.75 Å². The fourth-order valence-electron chi connectivity index (χ4n) is 2.90. The second-order valence-electron chi connectivity index (χ2n) is 5.50. The SMILES string of the molecule is COc1cc(C(=O)NC2CCCCC2CN)ccc1[N+](=O)[O-].Cl. The Morgan fingerprint density at radius 1 is 1.43 bits per heavy atom. The van der Waals surface area contributed by atoms with E-state index < -0.39 is 4.92 Å². The molecule has 2 atom stereocenters. The minimum absolute atomic E-state index is 0. The van der Waals surface area contributed by atoms with Crippen molar-refractivity contribution in [3.05, 3.63) is 33.9 Å². The third-order valence-corrected chi connectivity index (χ3v) is 4.17. The van der Waals surface area contributed by atoms with E-state index in [2.05, 4.69) is 5.32 Å². The van der Waals surface area contributed by atoms with Gasteiger partial charge in [-0.25, -0.2) is 0 Å². The van der Waals surface area contributed by atoms with E-state index in [1.165, 1.54) is 25.3 Å². The lowest BCUT2D eigenvalue weighted by Gasteiger charge is -2.31. The number of methoxy groups -OCH3 is 1. The molecular formula is C15H22ClN3O4. The fraction of sp³-hybridized carbons (Fsp3) is 0.533. The number of amides is 1. The minimum atomic E-state index is -0.536. The number of hydrogen-bond acceptors (Lipinski definition) is 5. The van der Waals surface area contributed by atoms with Gasteiger partial charge in [0.25, 0.3) is 5.91 Å². The van der Waals surface area contributed by atoms with Gasteiger partial charge in [0, 0.05) is 23.7 Å². The Labute approximate surface area is 141 Å². The molecule has 7 nitrogen and oxygen atoms in total. The average Bonchev–Trinajstić information content (AvgIpc) is 2.54. The second kappa shape index (κ2) is 8.69. The number of nitro groups is 1. The molecule has 0 heterocycles. The molecular weight excluding hydrogens is 322 g/mol. The lowest BCUT2D eigenvalue weighted by Crippen LogP contribution is -2.44. The molecule has 23 heavy (non-hydrogen) atoms. The number of carbonyl (C=O) groups is 1. The maximum atomic E-state index is 12.3. The highest BCUT2D eigenvalue weighted by molar-refractivity contribution is 5.95. The zero-order valence-electron chi connectivity index (χ0n) is 13.0. The molecule has 1 aliphatic rings. The predicted octanol–water partition coefficient (Wildman–Crippen LogP) is 2.27. The van der Waals surface area contributed by atoms with E-state index in [-0.39, 0.29) is 41.7 Å². The first-order chi connectivity index (χ1) is 10.6. The Bertz CT molecular complexity index is 568. The van der Waals surface area contributed by atoms with Gasteiger partial charge in [-0.2, -0.15) is 0 Å². The van der Waals surface area contributed by atoms with E-state index in [0.717, 1.165) is 25.7 Å². The summed E-state index contributed by atoms with van der Waals surface area (Å²) in [6.07, 6.45) is 4.15. The van der Waals surface area contributed by atoms with Crippen LogP contribution in [-0.2, 0) is 0 Å². The van der Waals surface area contributed by atoms with Crippen molar-refractivity contribution in [1.29, 1.82) is 0 Å². The Morgan fingerprint density at radius 2 is 2.13 bits per heavy atom. The van der Waals surface area contributed by atoms with Crippen LogP contribution in [0.4, 0.5) is 5.69 Å². The average molecular weight is 344 g/mol. The van der Waals surface area contributed by atoms with Gasteiger partial charge in [-0.15, -0.1) is 12.4 Å². The zero-order valence-corrected chi connectivity index (χ0v) is 13.8. The van der Waals surface area contributed by atoms with Gasteiger partial charge in [0.1, 0.15) is 0 Å². The molecule has 1 amide bonds. The molecule has 0 spiro atoms. The van der Waals surface area contributed by atoms with Crippen LogP contribution in [0.15, 0.2) is 18.2 Å². The molecule has 128 valence electrons. The van der Waals surface area contributed by atoms with Gasteiger partial charge >= 0.3 is 5.69 Å². The van der Waals surface area contributed by atoms with Crippen LogP contribution in [0.1, 0.15) is 36.0 Å². The van der Waals surface area contributed by atoms with E-state index in [1.54, 1.807) is 0 Å². The van der Waals surface area contributed by atoms with Crippen LogP contribution < -0.4 is 15.8 Å². The minimum Gasteiger partial charge on any atom is -0.490 e. The maximum absolute atomic E-state index is 12.3. The lowest BCUT2D eigenvalue weighted by molar-refractivity contribution is -0.385. The predicted molar refractivity (Wildman–Crippen MR) is 89.2 cm³/mol. The Hall–Kier alpha value is -1.86. The summed E-state index contributed by atoms with van der Waals surface area (Å²) >= 11 is 0. The van der Waals surface area contributed by atoms with Crippen LogP contribution in [0.2, 0.25) is 0 Å². The van der Waals surface area contributed by atoms with Gasteiger partial charge in [-0.3, -0.25) is 14.9 Å². The number of rotatable bonds is 5. The van der Waals surface area contributed by atoms with Gasteiger partial charge in [0.2, 0.25) is 0 Å². The molecule has 1 saturated carbocycles. The molecule has 3 N–H and O–H groups in total. The van der Waals surface area contributed by atoms with Crippen LogP contribution in [0.5, 0.6) is 5.75 Å². The summed E-state index contributed by atoms with van der Waals surface area (Å²) in [5, 5.41) is 13.9. The Morgan fingerprint density at radius 3 is 2.74 bits per heavy atom. The van der Waals surface area contributed by atoms with E-state index in [1.807, 2.05) is 0 Å². The molecule has 0 saturated heterocycles. The lowest BCUT2D eigenvalue weighted by atomic mass is 9.84. The largest absolute Gasteiger partial charge is 0.490 e. The fourth-order valence-corrected chi connectivity index (χ4v) is 2.90. The van der Waals surface area contributed by atoms with E-state index in [4.69, 9.17) is 10.5 Å². The monoisotopic (exact) mass is 343 g/mol. The summed E-state index contributed by atoms with van der Waals surface area (Å²) in [6, 6.07) is 4.19. The topological polar surface area (TPSA) is 107 Å². The number of ether oxygens (including phenoxy) is 1. The molecule has 2 unspecified atom stereocenters. The maximum Gasteiger partial charge on any atom is 0.310 e. The van der Waals surface area contributed by atoms with E-state index >= 15 is 0 Å². The Balaban J connectivity index is 0.00000264. The van der Waals surface area contributed by atoms with E-state index in [0.29, 0.717) is 12.1 Å². The van der Waals surface area contributed by atoms with E-state index in [9.17, 15) is 14.9 Å². The van der Waals surface area contributed by atoms with Crippen LogP contribution in [0.3, 0.4) is 0 Å². The van der Waals surface area contributed by atoms with Crippen LogP contribution in [0, 0.1) is 16.0 Å². The van der Waals surface area contributed by atoms with Crippen molar-refractivity contribution in [2.45, 2.75) is 31.7 Å². The summed E-state index contributed by atoms with van der Waals surface area (Å²) in [5.74, 6) is 0.118. The number of nitro benzene ring substituents is 1. The Kier molecular flexibility index (Phi) is 7.25. The van der Waals surface area contributed by atoms with Crippen molar-refractivity contribution in [3.8, 4) is 5.75 Å². The first-order valence-electron chi connectivity index (χ1n) is 7.40. The second-order valence-corrected chi connectivity index (χ2v) is 5.50. The first kappa shape index (κ1) is 19.2. The number of benzene rings is 1. The van der Waals surface area contributed by atoms with Crippen molar-refractivity contribution in [2.75, 3.05) is 13.7 Å². The quantitative estimate of drug-likeness (QED) is 0.630. The van der Waals surface area contributed by atoms with Crippen molar-refractivity contribution in [2.24, 2.45) is 11.7 Å². The van der Waals surface area contributed by atoms with Gasteiger partial charge in [0.05, 0.1) is 12.0 Å². The van der Waals surface area contributed by atoms with Crippen LogP contribution in [0.25, 0.3) is 0 Å². The third-order valence-electron chi connectivity index (χ3n) is 4.17. The van der Waals surface area contributed by atoms with Crippen molar-refractivity contribution in [1.82, 2.24) is 5.32 Å². The molecule has 8 heteroatoms. The summed E-state index contributed by atoms with van der Waals surface area (Å²) in [6.45, 7) is 0.550. The van der Waals surface area contributed by atoms with Crippen LogP contribution >= 0.6 is 12.4 Å². The normalized spacial score (nSPS) is 20.3. The van der Waals surface area contributed by atoms with Gasteiger partial charge in [-0.1, -0.05) is 12.8 Å². The first-order valence-corrected chi connectivity index (χ1v) is 7.40. The molecule has 1 aromatic carbocycles. The van der Waals surface area contributed by atoms with Crippen molar-refractivity contribution >= 4 is 24.0 Å². The summed E-state index contributed by atoms with van der Waals surface area (Å²) in [7, 11) is 1.34. The molecule has 2 rings (SSSR count). The number of nitrogens with one attached hydrogen (secondary N) is 1. The third kappa shape index (κ3) is 4.56. The number of halogens is 1. The molecule has 0 bridgehead atoms. The number of nitrogens with two attached hydrogens (primary N) is 1. The number of nitrogens with zero attached hydrogens (tertiary/aromatic N) is 1. The summed E-state index contributed by atoms with van der Waals surface area (Å²) < 4.78 is 4.99. The van der Waals surface area contributed by atoms with Crippen molar-refractivity contribution in [3.63, 3.8) is 0 Å². The summed E-state index contributed by atoms with van der Waals surface area (Å²) in [4.78, 5) is 22.7. The molecule has 1 aliphatic carbocycles. The zero-order chi connectivity index (χ0) is 16.1. The highest BCUT2D eigenvalue weighted by atomic mass is 35.5. The van der Waals surface area contributed by atoms with Crippen molar-refractivity contribution < 1.29 is 14.5 Å². The molecule has 1 aromatic rings. The van der Waals surface area contributed by atoms with Gasteiger partial charge < -0.3 is 15.8 Å². The molecule has 0 radical (unpaired) electrons. The smallest absolute Gasteiger partial charge is 0.310 e.